The van der Waals surface area contributed by atoms with E-state index in [2.05, 4.69) is 0 Å². The van der Waals surface area contributed by atoms with E-state index in [1.165, 1.54) is 11.8 Å². The summed E-state index contributed by atoms with van der Waals surface area (Å²) in [5.74, 6) is -0.570. The number of hydrogen-bond donors (Lipinski definition) is 1. The molecule has 0 atom stereocenters. The molecule has 3 rings (SSSR count). The van der Waals surface area contributed by atoms with Crippen molar-refractivity contribution in [3.05, 3.63) is 64.9 Å². The van der Waals surface area contributed by atoms with Crippen LogP contribution in [0.1, 0.15) is 16.1 Å². The predicted octanol–water partition coefficient (Wildman–Crippen LogP) is 5.08. The van der Waals surface area contributed by atoms with Gasteiger partial charge in [0.15, 0.2) is 0 Å². The second kappa shape index (κ2) is 5.84. The maximum Gasteiger partial charge on any atom is 0.372 e. The first kappa shape index (κ1) is 14.0. The van der Waals surface area contributed by atoms with Gasteiger partial charge in [-0.1, -0.05) is 41.9 Å². The van der Waals surface area contributed by atoms with Gasteiger partial charge in [-0.2, -0.15) is 0 Å². The number of carbonyl (C=O) groups is 1. The maximum absolute atomic E-state index is 11.3. The zero-order valence-electron chi connectivity index (χ0n) is 10.9. The fourth-order valence-electron chi connectivity index (χ4n) is 2.13. The number of hydrogen-bond acceptors (Lipinski definition) is 3. The van der Waals surface area contributed by atoms with Crippen molar-refractivity contribution in [2.45, 2.75) is 10.6 Å². The smallest absolute Gasteiger partial charge is 0.372 e. The molecule has 21 heavy (non-hydrogen) atoms. The Bertz CT molecular complexity index is 810. The number of halogens is 1. The maximum atomic E-state index is 11.3. The molecule has 5 heteroatoms. The number of rotatable bonds is 4. The highest BCUT2D eigenvalue weighted by atomic mass is 35.5. The number of benzene rings is 2. The lowest BCUT2D eigenvalue weighted by atomic mass is 10.1. The largest absolute Gasteiger partial charge is 0.475 e. The van der Waals surface area contributed by atoms with Crippen LogP contribution in [0.25, 0.3) is 11.0 Å². The van der Waals surface area contributed by atoms with E-state index >= 15 is 0 Å². The Morgan fingerprint density at radius 2 is 1.86 bits per heavy atom. The highest BCUT2D eigenvalue weighted by molar-refractivity contribution is 7.98. The summed E-state index contributed by atoms with van der Waals surface area (Å²) in [7, 11) is 0. The van der Waals surface area contributed by atoms with Crippen molar-refractivity contribution in [3.8, 4) is 0 Å². The molecule has 0 spiro atoms. The molecule has 0 amide bonds. The summed E-state index contributed by atoms with van der Waals surface area (Å²) in [5, 5.41) is 10.8. The Hall–Kier alpha value is -1.91. The third kappa shape index (κ3) is 2.77. The van der Waals surface area contributed by atoms with Gasteiger partial charge in [0, 0.05) is 21.6 Å². The van der Waals surface area contributed by atoms with E-state index in [-0.39, 0.29) is 5.76 Å². The van der Waals surface area contributed by atoms with Crippen LogP contribution < -0.4 is 0 Å². The summed E-state index contributed by atoms with van der Waals surface area (Å²) in [6.45, 7) is 0. The zero-order valence-corrected chi connectivity index (χ0v) is 12.4. The third-order valence-electron chi connectivity index (χ3n) is 3.10. The van der Waals surface area contributed by atoms with E-state index in [1.807, 2.05) is 42.5 Å². The molecule has 3 nitrogen and oxygen atoms in total. The average Bonchev–Trinajstić information content (AvgIpc) is 2.85. The van der Waals surface area contributed by atoms with Gasteiger partial charge < -0.3 is 9.52 Å². The van der Waals surface area contributed by atoms with E-state index in [4.69, 9.17) is 16.0 Å². The van der Waals surface area contributed by atoms with Crippen LogP contribution in [0.3, 0.4) is 0 Å². The Balaban J connectivity index is 1.98. The van der Waals surface area contributed by atoms with Crippen LogP contribution in [-0.2, 0) is 5.75 Å². The van der Waals surface area contributed by atoms with Gasteiger partial charge in [0.05, 0.1) is 5.02 Å². The molecule has 0 fully saturated rings. The van der Waals surface area contributed by atoms with Crippen LogP contribution in [0.2, 0.25) is 5.02 Å². The quantitative estimate of drug-likeness (QED) is 0.682. The van der Waals surface area contributed by atoms with Crippen molar-refractivity contribution in [3.63, 3.8) is 0 Å². The van der Waals surface area contributed by atoms with Gasteiger partial charge in [0.1, 0.15) is 5.58 Å². The zero-order chi connectivity index (χ0) is 14.8. The van der Waals surface area contributed by atoms with Crippen molar-refractivity contribution in [1.82, 2.24) is 0 Å². The Morgan fingerprint density at radius 1 is 1.14 bits per heavy atom. The minimum absolute atomic E-state index is 0.00393. The summed E-state index contributed by atoms with van der Waals surface area (Å²) in [6.07, 6.45) is 0. The van der Waals surface area contributed by atoms with Crippen molar-refractivity contribution >= 4 is 40.3 Å². The highest BCUT2D eigenvalue weighted by Gasteiger charge is 2.19. The van der Waals surface area contributed by atoms with E-state index < -0.39 is 5.97 Å². The number of carboxylic acids is 1. The SMILES string of the molecule is O=C(O)c1oc2ccccc2c1CSc1ccccc1Cl. The number of carboxylic acid groups (broad SMARTS) is 1. The topological polar surface area (TPSA) is 50.4 Å². The molecule has 0 aliphatic carbocycles. The van der Waals surface area contributed by atoms with Crippen LogP contribution in [0.4, 0.5) is 0 Å². The summed E-state index contributed by atoms with van der Waals surface area (Å²) >= 11 is 7.62. The first-order valence-electron chi connectivity index (χ1n) is 6.28. The number of thioether (sulfide) groups is 1. The van der Waals surface area contributed by atoms with Crippen molar-refractivity contribution in [1.29, 1.82) is 0 Å². The Kier molecular flexibility index (Phi) is 3.90. The van der Waals surface area contributed by atoms with Gasteiger partial charge in [-0.3, -0.25) is 0 Å². The molecule has 1 aromatic heterocycles. The number of para-hydroxylation sites is 1. The minimum atomic E-state index is -1.05. The molecule has 0 saturated carbocycles. The van der Waals surface area contributed by atoms with Crippen LogP contribution in [-0.4, -0.2) is 11.1 Å². The molecule has 2 aromatic carbocycles. The molecular formula is C16H11ClO3S. The second-order valence-corrected chi connectivity index (χ2v) is 5.85. The van der Waals surface area contributed by atoms with Gasteiger partial charge in [0.25, 0.3) is 0 Å². The molecule has 0 aliphatic heterocycles. The molecular weight excluding hydrogens is 308 g/mol. The lowest BCUT2D eigenvalue weighted by Gasteiger charge is -2.03. The number of furan rings is 1. The van der Waals surface area contributed by atoms with Crippen molar-refractivity contribution in [2.24, 2.45) is 0 Å². The summed E-state index contributed by atoms with van der Waals surface area (Å²) < 4.78 is 5.43. The predicted molar refractivity (Wildman–Crippen MR) is 84.2 cm³/mol. The lowest BCUT2D eigenvalue weighted by Crippen LogP contribution is -1.97. The monoisotopic (exact) mass is 318 g/mol. The van der Waals surface area contributed by atoms with Crippen LogP contribution >= 0.6 is 23.4 Å². The first-order chi connectivity index (χ1) is 10.2. The second-order valence-electron chi connectivity index (χ2n) is 4.43. The fraction of sp³-hybridized carbons (Fsp3) is 0.0625. The van der Waals surface area contributed by atoms with Crippen molar-refractivity contribution in [2.75, 3.05) is 0 Å². The van der Waals surface area contributed by atoms with Gasteiger partial charge in [-0.15, -0.1) is 11.8 Å². The summed E-state index contributed by atoms with van der Waals surface area (Å²) in [5.41, 5.74) is 1.27. The Labute approximate surface area is 130 Å². The standard InChI is InChI=1S/C16H11ClO3S/c17-12-6-2-4-8-14(12)21-9-11-10-5-1-3-7-13(10)20-15(11)16(18)19/h1-8H,9H2,(H,18,19). The molecule has 0 unspecified atom stereocenters. The molecule has 0 radical (unpaired) electrons. The van der Waals surface area contributed by atoms with E-state index in [0.717, 1.165) is 10.3 Å². The van der Waals surface area contributed by atoms with E-state index in [0.29, 0.717) is 21.9 Å². The summed E-state index contributed by atoms with van der Waals surface area (Å²) in [4.78, 5) is 12.3. The molecule has 3 aromatic rings. The van der Waals surface area contributed by atoms with Gasteiger partial charge in [-0.05, 0) is 18.2 Å². The fourth-order valence-corrected chi connectivity index (χ4v) is 3.39. The van der Waals surface area contributed by atoms with E-state index in [9.17, 15) is 9.90 Å². The molecule has 0 bridgehead atoms. The average molecular weight is 319 g/mol. The summed E-state index contributed by atoms with van der Waals surface area (Å²) in [6, 6.07) is 14.8. The van der Waals surface area contributed by atoms with Crippen LogP contribution in [0.15, 0.2) is 57.8 Å². The molecule has 0 aliphatic rings. The number of fused-ring (bicyclic) bond motifs is 1. The Morgan fingerprint density at radius 3 is 2.62 bits per heavy atom. The van der Waals surface area contributed by atoms with Crippen LogP contribution in [0, 0.1) is 0 Å². The van der Waals surface area contributed by atoms with E-state index in [1.54, 1.807) is 6.07 Å². The normalized spacial score (nSPS) is 10.9. The van der Waals surface area contributed by atoms with Crippen molar-refractivity contribution < 1.29 is 14.3 Å². The van der Waals surface area contributed by atoms with Gasteiger partial charge >= 0.3 is 5.97 Å². The molecule has 1 heterocycles. The molecule has 1 N–H and O–H groups in total. The highest BCUT2D eigenvalue weighted by Crippen LogP contribution is 2.34. The molecule has 106 valence electrons. The number of aromatic carboxylic acids is 1. The minimum Gasteiger partial charge on any atom is -0.475 e. The van der Waals surface area contributed by atoms with Gasteiger partial charge in [-0.25, -0.2) is 4.79 Å². The lowest BCUT2D eigenvalue weighted by molar-refractivity contribution is 0.0664. The van der Waals surface area contributed by atoms with Crippen LogP contribution in [0.5, 0.6) is 0 Å². The first-order valence-corrected chi connectivity index (χ1v) is 7.64. The van der Waals surface area contributed by atoms with Gasteiger partial charge in [0.2, 0.25) is 5.76 Å². The third-order valence-corrected chi connectivity index (χ3v) is 4.64. The molecule has 0 saturated heterocycles.